The normalized spacial score (nSPS) is 35.8. The Balaban J connectivity index is 2.12. The molecule has 1 aliphatic carbocycles. The molecule has 0 amide bonds. The highest BCUT2D eigenvalue weighted by Crippen LogP contribution is 2.27. The molecule has 88 valence electrons. The van der Waals surface area contributed by atoms with Gasteiger partial charge in [-0.2, -0.15) is 0 Å². The molecule has 2 nitrogen and oxygen atoms in total. The molecule has 2 aliphatic rings. The lowest BCUT2D eigenvalue weighted by molar-refractivity contribution is -0.0858. The second-order valence-corrected chi connectivity index (χ2v) is 4.44. The van der Waals surface area contributed by atoms with Crippen molar-refractivity contribution in [3.63, 3.8) is 0 Å². The van der Waals surface area contributed by atoms with E-state index in [0.29, 0.717) is 13.2 Å². The predicted molar refractivity (Wildman–Crippen MR) is 65.4 cm³/mol. The van der Waals surface area contributed by atoms with Gasteiger partial charge >= 0.3 is 0 Å². The van der Waals surface area contributed by atoms with Crippen molar-refractivity contribution in [2.24, 2.45) is 0 Å². The maximum absolute atomic E-state index is 5.92. The molecule has 16 heavy (non-hydrogen) atoms. The lowest BCUT2D eigenvalue weighted by Crippen LogP contribution is -2.37. The van der Waals surface area contributed by atoms with Gasteiger partial charge in [-0.3, -0.25) is 0 Å². The van der Waals surface area contributed by atoms with Gasteiger partial charge in [0, 0.05) is 0 Å². The van der Waals surface area contributed by atoms with Crippen molar-refractivity contribution in [2.45, 2.75) is 37.9 Å². The van der Waals surface area contributed by atoms with E-state index >= 15 is 0 Å². The van der Waals surface area contributed by atoms with Gasteiger partial charge in [0.05, 0.1) is 25.4 Å². The minimum atomic E-state index is 0.273. The van der Waals surface area contributed by atoms with Crippen LogP contribution in [0.5, 0.6) is 0 Å². The molecule has 0 radical (unpaired) electrons. The molecule has 2 rings (SSSR count). The van der Waals surface area contributed by atoms with E-state index in [-0.39, 0.29) is 12.2 Å². The molecule has 0 aromatic rings. The van der Waals surface area contributed by atoms with Gasteiger partial charge in [0.15, 0.2) is 0 Å². The molecule has 0 spiro atoms. The van der Waals surface area contributed by atoms with Crippen molar-refractivity contribution >= 4 is 0 Å². The van der Waals surface area contributed by atoms with Crippen LogP contribution in [0.2, 0.25) is 0 Å². The topological polar surface area (TPSA) is 18.5 Å². The van der Waals surface area contributed by atoms with Gasteiger partial charge in [-0.1, -0.05) is 38.2 Å². The third-order valence-corrected chi connectivity index (χ3v) is 3.45. The van der Waals surface area contributed by atoms with E-state index in [4.69, 9.17) is 9.47 Å². The summed E-state index contributed by atoms with van der Waals surface area (Å²) in [4.78, 5) is 0. The summed E-state index contributed by atoms with van der Waals surface area (Å²) in [6.07, 6.45) is 9.01. The zero-order valence-electron chi connectivity index (χ0n) is 9.78. The Hall–Kier alpha value is -0.860. The minimum absolute atomic E-state index is 0.273. The maximum atomic E-state index is 5.92. The van der Waals surface area contributed by atoms with Crippen molar-refractivity contribution in [3.8, 4) is 0 Å². The van der Waals surface area contributed by atoms with Crippen LogP contribution in [0.1, 0.15) is 25.7 Å². The maximum Gasteiger partial charge on any atom is 0.0841 e. The summed E-state index contributed by atoms with van der Waals surface area (Å²) in [5, 5.41) is 0. The van der Waals surface area contributed by atoms with E-state index in [9.17, 15) is 0 Å². The van der Waals surface area contributed by atoms with Crippen LogP contribution in [0.25, 0.3) is 0 Å². The summed E-state index contributed by atoms with van der Waals surface area (Å²) in [6.45, 7) is 8.93. The first-order chi connectivity index (χ1) is 7.85. The van der Waals surface area contributed by atoms with Crippen LogP contribution in [0.4, 0.5) is 0 Å². The van der Waals surface area contributed by atoms with E-state index in [1.165, 1.54) is 12.8 Å². The van der Waals surface area contributed by atoms with Gasteiger partial charge in [0.1, 0.15) is 0 Å². The second-order valence-electron chi connectivity index (χ2n) is 4.44. The van der Waals surface area contributed by atoms with Crippen LogP contribution in [0.15, 0.2) is 36.5 Å². The fourth-order valence-corrected chi connectivity index (χ4v) is 2.40. The summed E-state index contributed by atoms with van der Waals surface area (Å²) >= 11 is 0. The first-order valence-electron chi connectivity index (χ1n) is 6.05. The zero-order chi connectivity index (χ0) is 11.4. The highest BCUT2D eigenvalue weighted by Gasteiger charge is 2.28. The first-order valence-corrected chi connectivity index (χ1v) is 6.05. The smallest absolute Gasteiger partial charge is 0.0841 e. The number of ether oxygens (including phenoxy) is 2. The number of rotatable bonds is 2. The van der Waals surface area contributed by atoms with Gasteiger partial charge in [-0.15, -0.1) is 0 Å². The van der Waals surface area contributed by atoms with Crippen LogP contribution in [0.3, 0.4) is 0 Å². The lowest BCUT2D eigenvalue weighted by atomic mass is 9.94. The van der Waals surface area contributed by atoms with Crippen LogP contribution in [-0.4, -0.2) is 25.4 Å². The van der Waals surface area contributed by atoms with E-state index in [2.05, 4.69) is 13.2 Å². The summed E-state index contributed by atoms with van der Waals surface area (Å²) < 4.78 is 11.8. The number of fused-ring (bicyclic) bond motifs is 1. The Bertz CT molecular complexity index is 274. The predicted octanol–water partition coefficient (Wildman–Crippen LogP) is 3.01. The van der Waals surface area contributed by atoms with E-state index in [0.717, 1.165) is 24.0 Å². The fourth-order valence-electron chi connectivity index (χ4n) is 2.40. The monoisotopic (exact) mass is 220 g/mol. The van der Waals surface area contributed by atoms with Crippen molar-refractivity contribution in [1.82, 2.24) is 0 Å². The molecule has 0 aromatic heterocycles. The minimum Gasteiger partial charge on any atom is -0.371 e. The second kappa shape index (κ2) is 5.46. The van der Waals surface area contributed by atoms with Crippen LogP contribution < -0.4 is 0 Å². The Kier molecular flexibility index (Phi) is 3.97. The molecule has 0 bridgehead atoms. The molecule has 2 heteroatoms. The molecule has 1 heterocycles. The highest BCUT2D eigenvalue weighted by molar-refractivity contribution is 5.32. The molecule has 0 N–H and O–H groups in total. The zero-order valence-corrected chi connectivity index (χ0v) is 9.78. The van der Waals surface area contributed by atoms with E-state index in [1.807, 2.05) is 12.2 Å². The Morgan fingerprint density at radius 3 is 1.69 bits per heavy atom. The molecule has 0 aromatic carbocycles. The van der Waals surface area contributed by atoms with Crippen LogP contribution in [-0.2, 0) is 9.47 Å². The fraction of sp³-hybridized carbons (Fsp3) is 0.571. The molecule has 1 fully saturated rings. The molecule has 0 saturated heterocycles. The molecular weight excluding hydrogens is 200 g/mol. The van der Waals surface area contributed by atoms with Gasteiger partial charge < -0.3 is 9.47 Å². The molecule has 1 saturated carbocycles. The Morgan fingerprint density at radius 1 is 0.875 bits per heavy atom. The molecule has 2 atom stereocenters. The Labute approximate surface area is 97.6 Å². The quantitative estimate of drug-likeness (QED) is 0.712. The van der Waals surface area contributed by atoms with Crippen molar-refractivity contribution in [1.29, 1.82) is 0 Å². The Morgan fingerprint density at radius 2 is 1.31 bits per heavy atom. The van der Waals surface area contributed by atoms with Gasteiger partial charge in [0.25, 0.3) is 0 Å². The third-order valence-electron chi connectivity index (χ3n) is 3.45. The van der Waals surface area contributed by atoms with E-state index < -0.39 is 0 Å². The summed E-state index contributed by atoms with van der Waals surface area (Å²) in [5.41, 5.74) is 2.22. The average molecular weight is 220 g/mol. The van der Waals surface area contributed by atoms with Gasteiger partial charge in [0.2, 0.25) is 0 Å². The third kappa shape index (κ3) is 2.45. The first kappa shape index (κ1) is 11.6. The van der Waals surface area contributed by atoms with Crippen LogP contribution in [0, 0.1) is 0 Å². The summed E-state index contributed by atoms with van der Waals surface area (Å²) in [6, 6.07) is 0. The summed E-state index contributed by atoms with van der Waals surface area (Å²) in [5.74, 6) is 0. The molecule has 0 unspecified atom stereocenters. The van der Waals surface area contributed by atoms with E-state index in [1.54, 1.807) is 0 Å². The van der Waals surface area contributed by atoms with Crippen molar-refractivity contribution in [3.05, 3.63) is 36.5 Å². The van der Waals surface area contributed by atoms with Crippen molar-refractivity contribution < 1.29 is 9.47 Å². The standard InChI is InChI=1S/C14H20O2/c1-3-11-9-15-13-7-5-6-8-14(13)16-10-12(11)4-2/h3-4,13-14H,1-2,5-10H2/b12-11-/t13-,14-/m1/s1. The van der Waals surface area contributed by atoms with Gasteiger partial charge in [-0.05, 0) is 24.0 Å². The number of hydrogen-bond donors (Lipinski definition) is 0. The lowest BCUT2D eigenvalue weighted by Gasteiger charge is -2.33. The number of hydrogen-bond acceptors (Lipinski definition) is 2. The largest absolute Gasteiger partial charge is 0.371 e. The summed E-state index contributed by atoms with van der Waals surface area (Å²) in [7, 11) is 0. The van der Waals surface area contributed by atoms with Gasteiger partial charge in [-0.25, -0.2) is 0 Å². The molecular formula is C14H20O2. The highest BCUT2D eigenvalue weighted by atomic mass is 16.5. The van der Waals surface area contributed by atoms with Crippen LogP contribution >= 0.6 is 0 Å². The SMILES string of the molecule is C=C/C1=C(\C=C)CO[C@@H]2CCCC[C@H]2OC1. The molecule has 1 aliphatic heterocycles. The average Bonchev–Trinajstić information content (AvgIpc) is 2.31. The van der Waals surface area contributed by atoms with Crippen molar-refractivity contribution in [2.75, 3.05) is 13.2 Å².